The number of hydrogen-bond acceptors (Lipinski definition) is 14. The molecule has 16 rings (SSSR count). The number of hydrogen-bond donors (Lipinski definition) is 10. The molecule has 0 saturated carbocycles. The van der Waals surface area contributed by atoms with Crippen LogP contribution in [0.5, 0.6) is 80.5 Å². The van der Waals surface area contributed by atoms with Crippen LogP contribution in [0.1, 0.15) is 0 Å². The lowest BCUT2D eigenvalue weighted by Crippen LogP contribution is -1.84. The number of fused-ring (bicyclic) bond motifs is 8. The van der Waals surface area contributed by atoms with E-state index < -0.39 is 0 Å². The maximum Gasteiger partial charge on any atom is 0.161 e. The van der Waals surface area contributed by atoms with Gasteiger partial charge in [-0.1, -0.05) is 164 Å². The molecule has 16 aromatic rings. The fourth-order valence-electron chi connectivity index (χ4n) is 10.3. The van der Waals surface area contributed by atoms with Gasteiger partial charge in [0, 0.05) is 11.5 Å². The predicted molar refractivity (Wildman–Crippen MR) is 402 cm³/mol. The highest BCUT2D eigenvalue weighted by atomic mass is 79.9. The Hall–Kier alpha value is -12.7. The topological polar surface area (TPSA) is 239 Å². The number of phenolic OH excluding ortho intramolecular Hbond substituents is 10. The first kappa shape index (κ1) is 70.6. The average Bonchev–Trinajstić information content (AvgIpc) is 1.92. The molecule has 0 aromatic heterocycles. The van der Waals surface area contributed by atoms with E-state index in [1.807, 2.05) is 200 Å². The van der Waals surface area contributed by atoms with Crippen molar-refractivity contribution in [3.8, 4) is 80.5 Å². The van der Waals surface area contributed by atoms with Gasteiger partial charge in [0.2, 0.25) is 0 Å². The number of benzene rings is 16. The highest BCUT2D eigenvalue weighted by molar-refractivity contribution is 9.10. The number of methoxy groups -OCH3 is 4. The number of phenols is 10. The molecule has 14 nitrogen and oxygen atoms in total. The van der Waals surface area contributed by atoms with Crippen molar-refractivity contribution in [3.63, 3.8) is 0 Å². The second-order valence-electron chi connectivity index (χ2n) is 22.1. The van der Waals surface area contributed by atoms with E-state index in [0.29, 0.717) is 17.2 Å². The summed E-state index contributed by atoms with van der Waals surface area (Å²) in [7, 11) is 6.41. The van der Waals surface area contributed by atoms with Crippen molar-refractivity contribution in [2.24, 2.45) is 0 Å². The lowest BCUT2D eigenvalue weighted by Gasteiger charge is -2.05. The van der Waals surface area contributed by atoms with E-state index in [1.54, 1.807) is 126 Å². The average molecular weight is 1380 g/mol. The zero-order valence-corrected chi connectivity index (χ0v) is 55.9. The zero-order valence-electron chi connectivity index (χ0n) is 54.3. The van der Waals surface area contributed by atoms with Crippen LogP contribution in [0, 0.1) is 0 Å². The summed E-state index contributed by atoms with van der Waals surface area (Å²) in [5.41, 5.74) is 0. The van der Waals surface area contributed by atoms with E-state index in [0.717, 1.165) is 102 Å². The van der Waals surface area contributed by atoms with Gasteiger partial charge >= 0.3 is 0 Å². The van der Waals surface area contributed by atoms with Gasteiger partial charge in [-0.2, -0.15) is 0 Å². The molecule has 0 aliphatic carbocycles. The fraction of sp³-hybridized carbons (Fsp3) is 0.0476. The Bertz CT molecular complexity index is 5190. The van der Waals surface area contributed by atoms with Crippen molar-refractivity contribution in [1.82, 2.24) is 0 Å². The Morgan fingerprint density at radius 3 is 0.929 bits per heavy atom. The smallest absolute Gasteiger partial charge is 0.161 e. The molecular formula is C84H71BrO14. The second kappa shape index (κ2) is 34.1. The first-order valence-corrected chi connectivity index (χ1v) is 31.6. The highest BCUT2D eigenvalue weighted by Crippen LogP contribution is 2.34. The molecule has 0 heterocycles. The minimum Gasteiger partial charge on any atom is -0.508 e. The van der Waals surface area contributed by atoms with Gasteiger partial charge in [-0.05, 0) is 224 Å². The predicted octanol–water partition coefficient (Wildman–Crippen LogP) is 20.6. The van der Waals surface area contributed by atoms with Crippen LogP contribution < -0.4 is 18.9 Å². The highest BCUT2D eigenvalue weighted by Gasteiger charge is 2.06. The van der Waals surface area contributed by atoms with Crippen LogP contribution >= 0.6 is 15.9 Å². The van der Waals surface area contributed by atoms with Crippen molar-refractivity contribution in [2.45, 2.75) is 0 Å². The molecule has 10 N–H and O–H groups in total. The van der Waals surface area contributed by atoms with Crippen molar-refractivity contribution in [2.75, 3.05) is 28.4 Å². The molecule has 0 aliphatic heterocycles. The Morgan fingerprint density at radius 1 is 0.202 bits per heavy atom. The Morgan fingerprint density at radius 2 is 0.485 bits per heavy atom. The summed E-state index contributed by atoms with van der Waals surface area (Å²) >= 11 is 3.27. The zero-order chi connectivity index (χ0) is 70.4. The lowest BCUT2D eigenvalue weighted by molar-refractivity contribution is 0.374. The van der Waals surface area contributed by atoms with Crippen molar-refractivity contribution in [3.05, 3.63) is 302 Å². The van der Waals surface area contributed by atoms with E-state index in [2.05, 4.69) is 15.9 Å². The van der Waals surface area contributed by atoms with E-state index in [-0.39, 0.29) is 51.7 Å². The largest absolute Gasteiger partial charge is 0.508 e. The molecule has 0 fully saturated rings. The Balaban J connectivity index is 0.000000132. The fourth-order valence-corrected chi connectivity index (χ4v) is 10.7. The first-order valence-electron chi connectivity index (χ1n) is 30.8. The van der Waals surface area contributed by atoms with Gasteiger partial charge in [-0.15, -0.1) is 0 Å². The quantitative estimate of drug-likeness (QED) is 0.0738. The van der Waals surface area contributed by atoms with Gasteiger partial charge in [0.05, 0.1) is 32.9 Å². The number of ether oxygens (including phenoxy) is 4. The lowest BCUT2D eigenvalue weighted by atomic mass is 10.1. The van der Waals surface area contributed by atoms with Crippen LogP contribution in [0.25, 0.3) is 86.2 Å². The van der Waals surface area contributed by atoms with Crippen molar-refractivity contribution in [1.29, 1.82) is 0 Å². The third-order valence-electron chi connectivity index (χ3n) is 15.3. The Kier molecular flexibility index (Phi) is 24.3. The third-order valence-corrected chi connectivity index (χ3v) is 16.0. The van der Waals surface area contributed by atoms with Crippen LogP contribution in [0.3, 0.4) is 0 Å². The maximum absolute atomic E-state index is 9.48. The van der Waals surface area contributed by atoms with E-state index in [4.69, 9.17) is 44.5 Å². The van der Waals surface area contributed by atoms with Crippen LogP contribution in [0.2, 0.25) is 0 Å². The summed E-state index contributed by atoms with van der Waals surface area (Å²) in [6, 6.07) is 90.2. The van der Waals surface area contributed by atoms with Gasteiger partial charge in [-0.25, -0.2) is 0 Å². The Labute approximate surface area is 579 Å². The minimum atomic E-state index is -0.0753. The number of halogens is 1. The molecule has 0 amide bonds. The molecule has 498 valence electrons. The van der Waals surface area contributed by atoms with Crippen LogP contribution in [-0.2, 0) is 0 Å². The van der Waals surface area contributed by atoms with Crippen LogP contribution in [0.15, 0.2) is 302 Å². The first-order chi connectivity index (χ1) is 47.9. The van der Waals surface area contributed by atoms with Gasteiger partial charge in [0.1, 0.15) is 57.5 Å². The molecule has 16 aromatic carbocycles. The summed E-state index contributed by atoms with van der Waals surface area (Å²) < 4.78 is 21.1. The summed E-state index contributed by atoms with van der Waals surface area (Å²) in [5.74, 6) is 4.72. The normalized spacial score (nSPS) is 10.3. The molecule has 0 atom stereocenters. The molecule has 0 aliphatic rings. The van der Waals surface area contributed by atoms with Gasteiger partial charge in [0.25, 0.3) is 0 Å². The van der Waals surface area contributed by atoms with Crippen LogP contribution in [-0.4, -0.2) is 79.5 Å². The van der Waals surface area contributed by atoms with Crippen molar-refractivity contribution >= 4 is 102 Å². The van der Waals surface area contributed by atoms with E-state index >= 15 is 0 Å². The molecule has 0 saturated heterocycles. The molecule has 0 radical (unpaired) electrons. The monoisotopic (exact) mass is 1380 g/mol. The van der Waals surface area contributed by atoms with Gasteiger partial charge in [-0.3, -0.25) is 0 Å². The van der Waals surface area contributed by atoms with Crippen LogP contribution in [0.4, 0.5) is 0 Å². The van der Waals surface area contributed by atoms with E-state index in [9.17, 15) is 25.5 Å². The summed E-state index contributed by atoms with van der Waals surface area (Å²) in [4.78, 5) is 0. The van der Waals surface area contributed by atoms with Gasteiger partial charge < -0.3 is 70.0 Å². The molecule has 0 bridgehead atoms. The molecule has 99 heavy (non-hydrogen) atoms. The third kappa shape index (κ3) is 19.7. The van der Waals surface area contributed by atoms with Crippen molar-refractivity contribution < 1.29 is 70.0 Å². The summed E-state index contributed by atoms with van der Waals surface area (Å²) in [5, 5.41) is 109. The second-order valence-corrected chi connectivity index (χ2v) is 23.0. The number of aromatic hydroxyl groups is 10. The standard InChI is InChI=1S/4C11H10O2.C10H7BrO.2C10H8O2.C10H8O/c1-13-11-5-3-8-6-10(12)4-2-9(8)7-11;1-13-11-5-3-8-2-4-10(12)6-9(8)7-11;1-13-11-7-9(12)6-8-4-2-3-5-10(8)11;1-13-11-7-9-5-3-2-4-8(9)6-10(11)12;11-9-5-7-3-1-2-4-8(7)6-10(9)12;11-9-3-1-7-2-4-10(12)6-8(7)5-9;11-9-5-7-3-1-2-4-8(7)6-10(9)12;11-10-6-5-8-3-1-2-4-9(8)7-10/h4*2-7,12H,1H3;1-6,12H;2*1-6,11-12H;1-7,11H. The molecule has 0 unspecified atom stereocenters. The molecule has 0 spiro atoms. The SMILES string of the molecule is COc1cc(O)cc2ccccc12.COc1cc2ccccc2cc1O.COc1ccc2cc(O)ccc2c1.COc1ccc2ccc(O)cc2c1.Oc1cc2ccccc2cc1Br.Oc1cc2ccccc2cc1O.Oc1ccc2ccc(O)cc2c1.Oc1ccc2ccccc2c1. The van der Waals surface area contributed by atoms with E-state index in [1.165, 1.54) is 0 Å². The minimum absolute atomic E-state index is 0.0753. The summed E-state index contributed by atoms with van der Waals surface area (Å²) in [6.45, 7) is 0. The number of rotatable bonds is 4. The maximum atomic E-state index is 9.48. The molecular weight excluding hydrogens is 1310 g/mol. The summed E-state index contributed by atoms with van der Waals surface area (Å²) in [6.07, 6.45) is 0. The molecule has 15 heteroatoms. The van der Waals surface area contributed by atoms with Gasteiger partial charge in [0.15, 0.2) is 23.0 Å².